The summed E-state index contributed by atoms with van der Waals surface area (Å²) in [5.74, 6) is 1.13. The van der Waals surface area contributed by atoms with Crippen molar-refractivity contribution in [1.29, 1.82) is 0 Å². The molecular formula is C21H29N3O2. The summed E-state index contributed by atoms with van der Waals surface area (Å²) in [5, 5.41) is 0. The van der Waals surface area contributed by atoms with E-state index in [1.165, 1.54) is 16.8 Å². The van der Waals surface area contributed by atoms with Crippen LogP contribution in [-0.2, 0) is 11.3 Å². The van der Waals surface area contributed by atoms with Crippen molar-refractivity contribution in [2.24, 2.45) is 11.8 Å². The molecule has 0 N–H and O–H groups in total. The maximum absolute atomic E-state index is 12.3. The molecular weight excluding hydrogens is 326 g/mol. The smallest absolute Gasteiger partial charge is 0.410 e. The normalized spacial score (nSPS) is 23.6. The fourth-order valence-corrected chi connectivity index (χ4v) is 4.42. The van der Waals surface area contributed by atoms with Crippen molar-refractivity contribution in [1.82, 2.24) is 14.2 Å². The zero-order valence-electron chi connectivity index (χ0n) is 16.2. The summed E-state index contributed by atoms with van der Waals surface area (Å²) >= 11 is 0. The zero-order valence-corrected chi connectivity index (χ0v) is 16.2. The average molecular weight is 355 g/mol. The predicted octanol–water partition coefficient (Wildman–Crippen LogP) is 3.55. The summed E-state index contributed by atoms with van der Waals surface area (Å²) in [4.78, 5) is 16.8. The SMILES string of the molecule is Cc1cc2ccccn2c1CN1C[C@@H]2CN(C(=O)OC(C)(C)C)C[C@@H]2C1. The van der Waals surface area contributed by atoms with Crippen LogP contribution in [0.2, 0.25) is 0 Å². The number of nitrogens with zero attached hydrogens (tertiary/aromatic N) is 3. The Hall–Kier alpha value is -2.01. The van der Waals surface area contributed by atoms with Crippen LogP contribution in [0.5, 0.6) is 0 Å². The molecule has 2 aromatic rings. The standard InChI is InChI=1S/C21H29N3O2/c1-15-9-18-7-5-6-8-24(18)19(15)14-22-10-16-12-23(13-17(16)11-22)20(25)26-21(2,3)4/h5-9,16-17H,10-14H2,1-4H3/t16-,17+. The van der Waals surface area contributed by atoms with Gasteiger partial charge in [0, 0.05) is 50.1 Å². The van der Waals surface area contributed by atoms with E-state index in [1.54, 1.807) is 0 Å². The third-order valence-corrected chi connectivity index (χ3v) is 5.59. The van der Waals surface area contributed by atoms with E-state index in [-0.39, 0.29) is 6.09 Å². The Morgan fingerprint density at radius 1 is 1.15 bits per heavy atom. The lowest BCUT2D eigenvalue weighted by atomic mass is 10.0. The molecule has 1 amide bonds. The summed E-state index contributed by atoms with van der Waals surface area (Å²) in [6.07, 6.45) is 1.99. The molecule has 0 aliphatic carbocycles. The van der Waals surface area contributed by atoms with E-state index in [4.69, 9.17) is 4.74 Å². The summed E-state index contributed by atoms with van der Waals surface area (Å²) in [6, 6.07) is 8.60. The molecule has 0 saturated carbocycles. The predicted molar refractivity (Wildman–Crippen MR) is 102 cm³/mol. The molecule has 2 atom stereocenters. The maximum Gasteiger partial charge on any atom is 0.410 e. The highest BCUT2D eigenvalue weighted by molar-refractivity contribution is 5.68. The van der Waals surface area contributed by atoms with Crippen LogP contribution in [-0.4, -0.2) is 52.1 Å². The maximum atomic E-state index is 12.3. The fourth-order valence-electron chi connectivity index (χ4n) is 4.42. The van der Waals surface area contributed by atoms with Crippen LogP contribution >= 0.6 is 0 Å². The van der Waals surface area contributed by atoms with Gasteiger partial charge in [-0.15, -0.1) is 0 Å². The second-order valence-corrected chi connectivity index (χ2v) is 8.87. The van der Waals surface area contributed by atoms with Gasteiger partial charge in [-0.2, -0.15) is 0 Å². The molecule has 4 heterocycles. The third kappa shape index (κ3) is 3.32. The highest BCUT2D eigenvalue weighted by Crippen LogP contribution is 2.33. The first-order valence-electron chi connectivity index (χ1n) is 9.56. The number of fused-ring (bicyclic) bond motifs is 2. The van der Waals surface area contributed by atoms with E-state index in [2.05, 4.69) is 46.7 Å². The molecule has 0 spiro atoms. The van der Waals surface area contributed by atoms with Crippen molar-refractivity contribution in [3.8, 4) is 0 Å². The number of amides is 1. The molecule has 0 bridgehead atoms. The molecule has 0 radical (unpaired) electrons. The number of aryl methyl sites for hydroxylation is 1. The molecule has 2 aromatic heterocycles. The van der Waals surface area contributed by atoms with Gasteiger partial charge in [-0.1, -0.05) is 6.07 Å². The van der Waals surface area contributed by atoms with E-state index >= 15 is 0 Å². The molecule has 26 heavy (non-hydrogen) atoms. The van der Waals surface area contributed by atoms with E-state index < -0.39 is 5.60 Å². The quantitative estimate of drug-likeness (QED) is 0.827. The van der Waals surface area contributed by atoms with Crippen LogP contribution in [0.25, 0.3) is 5.52 Å². The summed E-state index contributed by atoms with van der Waals surface area (Å²) in [5.41, 5.74) is 3.57. The first-order chi connectivity index (χ1) is 12.3. The number of ether oxygens (including phenoxy) is 1. The molecule has 2 aliphatic heterocycles. The zero-order chi connectivity index (χ0) is 18.5. The number of carbonyl (C=O) groups is 1. The minimum atomic E-state index is -0.422. The highest BCUT2D eigenvalue weighted by atomic mass is 16.6. The second kappa shape index (κ2) is 6.31. The second-order valence-electron chi connectivity index (χ2n) is 8.87. The number of pyridine rings is 1. The monoisotopic (exact) mass is 355 g/mol. The Bertz CT molecular complexity index is 806. The fraction of sp³-hybridized carbons (Fsp3) is 0.571. The summed E-state index contributed by atoms with van der Waals surface area (Å²) in [7, 11) is 0. The van der Waals surface area contributed by atoms with Gasteiger partial charge >= 0.3 is 6.09 Å². The number of hydrogen-bond donors (Lipinski definition) is 0. The van der Waals surface area contributed by atoms with Crippen LogP contribution in [0.15, 0.2) is 30.5 Å². The molecule has 4 rings (SSSR count). The number of hydrogen-bond acceptors (Lipinski definition) is 3. The molecule has 5 heteroatoms. The van der Waals surface area contributed by atoms with Gasteiger partial charge in [-0.3, -0.25) is 4.90 Å². The largest absolute Gasteiger partial charge is 0.444 e. The molecule has 2 fully saturated rings. The van der Waals surface area contributed by atoms with Crippen LogP contribution < -0.4 is 0 Å². The van der Waals surface area contributed by atoms with E-state index in [0.29, 0.717) is 11.8 Å². The molecule has 140 valence electrons. The van der Waals surface area contributed by atoms with Gasteiger partial charge in [0.15, 0.2) is 0 Å². The summed E-state index contributed by atoms with van der Waals surface area (Å²) < 4.78 is 7.83. The molecule has 0 aromatic carbocycles. The first-order valence-corrected chi connectivity index (χ1v) is 9.56. The minimum Gasteiger partial charge on any atom is -0.444 e. The molecule has 2 aliphatic rings. The van der Waals surface area contributed by atoms with E-state index in [0.717, 1.165) is 32.7 Å². The van der Waals surface area contributed by atoms with Gasteiger partial charge in [-0.05, 0) is 63.3 Å². The lowest BCUT2D eigenvalue weighted by Gasteiger charge is -2.26. The third-order valence-electron chi connectivity index (χ3n) is 5.59. The Morgan fingerprint density at radius 3 is 2.50 bits per heavy atom. The number of likely N-dealkylation sites (tertiary alicyclic amines) is 2. The van der Waals surface area contributed by atoms with Gasteiger partial charge in [0.25, 0.3) is 0 Å². The van der Waals surface area contributed by atoms with E-state index in [1.807, 2.05) is 25.7 Å². The van der Waals surface area contributed by atoms with Gasteiger partial charge in [0.1, 0.15) is 5.60 Å². The van der Waals surface area contributed by atoms with Crippen molar-refractivity contribution < 1.29 is 9.53 Å². The van der Waals surface area contributed by atoms with Crippen LogP contribution in [0.3, 0.4) is 0 Å². The lowest BCUT2D eigenvalue weighted by molar-refractivity contribution is 0.0274. The van der Waals surface area contributed by atoms with E-state index in [9.17, 15) is 4.79 Å². The number of carbonyl (C=O) groups excluding carboxylic acids is 1. The number of rotatable bonds is 2. The Labute approximate surface area is 155 Å². The van der Waals surface area contributed by atoms with Crippen molar-refractivity contribution in [2.45, 2.75) is 39.8 Å². The summed E-state index contributed by atoms with van der Waals surface area (Å²) in [6.45, 7) is 12.7. The van der Waals surface area contributed by atoms with Gasteiger partial charge in [0.2, 0.25) is 0 Å². The van der Waals surface area contributed by atoms with Crippen LogP contribution in [0, 0.1) is 18.8 Å². The van der Waals surface area contributed by atoms with Gasteiger partial charge < -0.3 is 14.0 Å². The van der Waals surface area contributed by atoms with Crippen molar-refractivity contribution in [3.05, 3.63) is 41.7 Å². The van der Waals surface area contributed by atoms with Crippen LogP contribution in [0.1, 0.15) is 32.0 Å². The minimum absolute atomic E-state index is 0.160. The van der Waals surface area contributed by atoms with Crippen molar-refractivity contribution in [3.63, 3.8) is 0 Å². The number of aromatic nitrogens is 1. The Balaban J connectivity index is 1.39. The molecule has 2 saturated heterocycles. The molecule has 0 unspecified atom stereocenters. The lowest BCUT2D eigenvalue weighted by Crippen LogP contribution is -2.37. The Kier molecular flexibility index (Phi) is 4.22. The average Bonchev–Trinajstić information content (AvgIpc) is 3.18. The van der Waals surface area contributed by atoms with Crippen molar-refractivity contribution >= 4 is 11.6 Å². The van der Waals surface area contributed by atoms with Crippen LogP contribution in [0.4, 0.5) is 4.79 Å². The van der Waals surface area contributed by atoms with Gasteiger partial charge in [-0.25, -0.2) is 4.79 Å². The molecule has 5 nitrogen and oxygen atoms in total. The highest BCUT2D eigenvalue weighted by Gasteiger charge is 2.42. The van der Waals surface area contributed by atoms with Gasteiger partial charge in [0.05, 0.1) is 0 Å². The topological polar surface area (TPSA) is 37.2 Å². The van der Waals surface area contributed by atoms with Crippen molar-refractivity contribution in [2.75, 3.05) is 26.2 Å². The first kappa shape index (κ1) is 17.4. The Morgan fingerprint density at radius 2 is 1.85 bits per heavy atom.